The zero-order valence-electron chi connectivity index (χ0n) is 18.3. The Hall–Kier alpha value is -3.85. The summed E-state index contributed by atoms with van der Waals surface area (Å²) < 4.78 is 8.03. The third-order valence-corrected chi connectivity index (χ3v) is 6.30. The molecule has 0 unspecified atom stereocenters. The summed E-state index contributed by atoms with van der Waals surface area (Å²) in [4.78, 5) is 13.6. The number of aromatic nitrogens is 1. The van der Waals surface area contributed by atoms with Gasteiger partial charge in [0.1, 0.15) is 12.5 Å². The zero-order valence-corrected chi connectivity index (χ0v) is 18.3. The van der Waals surface area contributed by atoms with E-state index in [4.69, 9.17) is 4.74 Å². The van der Waals surface area contributed by atoms with Gasteiger partial charge < -0.3 is 9.30 Å². The molecule has 0 spiro atoms. The Labute approximate surface area is 187 Å². The van der Waals surface area contributed by atoms with Crippen molar-refractivity contribution in [3.05, 3.63) is 119 Å². The van der Waals surface area contributed by atoms with E-state index in [0.717, 1.165) is 44.1 Å². The maximum absolute atomic E-state index is 13.6. The van der Waals surface area contributed by atoms with Crippen molar-refractivity contribution >= 4 is 27.6 Å². The highest BCUT2D eigenvalue weighted by molar-refractivity contribution is 5.95. The van der Waals surface area contributed by atoms with Crippen LogP contribution in [0.4, 0.5) is 0 Å². The molecule has 5 rings (SSSR count). The molecule has 0 aliphatic carbocycles. The van der Waals surface area contributed by atoms with E-state index in [9.17, 15) is 4.79 Å². The summed E-state index contributed by atoms with van der Waals surface area (Å²) in [6.45, 7) is 2.33. The van der Waals surface area contributed by atoms with Gasteiger partial charge >= 0.3 is 5.97 Å². The van der Waals surface area contributed by atoms with Gasteiger partial charge in [0.2, 0.25) is 0 Å². The number of hydrogen-bond donors (Lipinski definition) is 0. The number of rotatable bonds is 5. The van der Waals surface area contributed by atoms with Crippen molar-refractivity contribution in [1.82, 2.24) is 4.57 Å². The molecular weight excluding hydrogens is 394 g/mol. The van der Waals surface area contributed by atoms with E-state index in [-0.39, 0.29) is 12.6 Å². The summed E-state index contributed by atoms with van der Waals surface area (Å²) in [5.74, 6) is -0.738. The van der Waals surface area contributed by atoms with E-state index in [0.29, 0.717) is 0 Å². The van der Waals surface area contributed by atoms with Gasteiger partial charge in [0.15, 0.2) is 0 Å². The maximum atomic E-state index is 13.6. The highest BCUT2D eigenvalue weighted by Gasteiger charge is 2.30. The Morgan fingerprint density at radius 1 is 0.844 bits per heavy atom. The second-order valence-electron chi connectivity index (χ2n) is 8.21. The number of esters is 1. The first-order valence-corrected chi connectivity index (χ1v) is 10.9. The van der Waals surface area contributed by atoms with Gasteiger partial charge in [-0.2, -0.15) is 0 Å². The Bertz CT molecular complexity index is 1420. The first kappa shape index (κ1) is 20.1. The molecular formula is C29H25NO2. The molecule has 0 bridgehead atoms. The van der Waals surface area contributed by atoms with Gasteiger partial charge in [0.25, 0.3) is 0 Å². The number of hydrogen-bond acceptors (Lipinski definition) is 2. The normalized spacial score (nSPS) is 12.2. The smallest absolute Gasteiger partial charge is 0.318 e. The molecule has 158 valence electrons. The predicted octanol–water partition coefficient (Wildman–Crippen LogP) is 6.52. The average Bonchev–Trinajstić information content (AvgIpc) is 3.09. The maximum Gasteiger partial charge on any atom is 0.318 e. The summed E-state index contributed by atoms with van der Waals surface area (Å²) in [5, 5.41) is 3.35. The van der Waals surface area contributed by atoms with Gasteiger partial charge in [-0.25, -0.2) is 0 Å². The molecule has 1 aromatic heterocycles. The van der Waals surface area contributed by atoms with Crippen LogP contribution in [-0.2, 0) is 23.2 Å². The molecule has 1 heterocycles. The van der Waals surface area contributed by atoms with Gasteiger partial charge in [0.05, 0.1) is 0 Å². The van der Waals surface area contributed by atoms with Gasteiger partial charge in [-0.15, -0.1) is 0 Å². The van der Waals surface area contributed by atoms with Crippen LogP contribution in [0.5, 0.6) is 0 Å². The lowest BCUT2D eigenvalue weighted by molar-refractivity contribution is -0.145. The van der Waals surface area contributed by atoms with Crippen LogP contribution < -0.4 is 0 Å². The van der Waals surface area contributed by atoms with Crippen molar-refractivity contribution in [2.45, 2.75) is 19.4 Å². The second kappa shape index (κ2) is 8.35. The number of fused-ring (bicyclic) bond motifs is 2. The Balaban J connectivity index is 1.63. The van der Waals surface area contributed by atoms with Crippen LogP contribution >= 0.6 is 0 Å². The number of carbonyl (C=O) groups excluding carboxylic acids is 1. The minimum atomic E-state index is -0.505. The molecule has 5 aromatic rings. The molecule has 0 N–H and O–H groups in total. The number of para-hydroxylation sites is 1. The number of ether oxygens (including phenoxy) is 1. The van der Waals surface area contributed by atoms with Gasteiger partial charge in [0, 0.05) is 23.6 Å². The molecule has 0 aliphatic rings. The van der Waals surface area contributed by atoms with Gasteiger partial charge in [-0.05, 0) is 46.5 Å². The fourth-order valence-corrected chi connectivity index (χ4v) is 4.53. The largest absolute Gasteiger partial charge is 0.460 e. The first-order valence-electron chi connectivity index (χ1n) is 10.9. The standard InChI is InChI=1S/C29H25NO2/c1-20-27(25-14-8-9-15-26(25)30(20)2)28(29(31)32-19-21-10-4-3-5-11-21)24-17-16-22-12-6-7-13-23(22)18-24/h3-18,28H,19H2,1-2H3/t28-/m1/s1. The van der Waals surface area contributed by atoms with Gasteiger partial charge in [-0.1, -0.05) is 84.9 Å². The van der Waals surface area contributed by atoms with Crippen LogP contribution in [0, 0.1) is 6.92 Å². The zero-order chi connectivity index (χ0) is 22.1. The van der Waals surface area contributed by atoms with E-state index < -0.39 is 5.92 Å². The Kier molecular flexibility index (Phi) is 5.24. The average molecular weight is 420 g/mol. The van der Waals surface area contributed by atoms with Crippen LogP contribution in [0.25, 0.3) is 21.7 Å². The van der Waals surface area contributed by atoms with E-state index in [2.05, 4.69) is 54.0 Å². The first-order chi connectivity index (χ1) is 15.6. The summed E-state index contributed by atoms with van der Waals surface area (Å²) >= 11 is 0. The fraction of sp³-hybridized carbons (Fsp3) is 0.138. The Morgan fingerprint density at radius 3 is 2.34 bits per heavy atom. The molecule has 0 saturated carbocycles. The van der Waals surface area contributed by atoms with Crippen LogP contribution in [-0.4, -0.2) is 10.5 Å². The molecule has 0 radical (unpaired) electrons. The monoisotopic (exact) mass is 419 g/mol. The fourth-order valence-electron chi connectivity index (χ4n) is 4.53. The predicted molar refractivity (Wildman–Crippen MR) is 130 cm³/mol. The number of carbonyl (C=O) groups is 1. The Morgan fingerprint density at radius 2 is 1.53 bits per heavy atom. The molecule has 0 saturated heterocycles. The minimum Gasteiger partial charge on any atom is -0.460 e. The molecule has 0 fully saturated rings. The van der Waals surface area contributed by atoms with Crippen molar-refractivity contribution < 1.29 is 9.53 Å². The van der Waals surface area contributed by atoms with E-state index in [1.165, 1.54) is 0 Å². The van der Waals surface area contributed by atoms with Crippen molar-refractivity contribution in [1.29, 1.82) is 0 Å². The van der Waals surface area contributed by atoms with E-state index >= 15 is 0 Å². The number of nitrogens with zero attached hydrogens (tertiary/aromatic N) is 1. The molecule has 32 heavy (non-hydrogen) atoms. The van der Waals surface area contributed by atoms with E-state index in [1.807, 2.05) is 61.6 Å². The minimum absolute atomic E-state index is 0.233. The topological polar surface area (TPSA) is 31.2 Å². The summed E-state index contributed by atoms with van der Waals surface area (Å²) in [7, 11) is 2.05. The lowest BCUT2D eigenvalue weighted by atomic mass is 9.88. The van der Waals surface area contributed by atoms with Crippen LogP contribution in [0.1, 0.15) is 28.3 Å². The van der Waals surface area contributed by atoms with Crippen molar-refractivity contribution in [2.75, 3.05) is 0 Å². The number of aryl methyl sites for hydroxylation is 1. The van der Waals surface area contributed by atoms with Crippen LogP contribution in [0.15, 0.2) is 97.1 Å². The van der Waals surface area contributed by atoms with Gasteiger partial charge in [-0.3, -0.25) is 4.79 Å². The quantitative estimate of drug-likeness (QED) is 0.304. The summed E-state index contributed by atoms with van der Waals surface area (Å²) in [6.07, 6.45) is 0. The lowest BCUT2D eigenvalue weighted by Gasteiger charge is -2.19. The lowest BCUT2D eigenvalue weighted by Crippen LogP contribution is -2.18. The molecule has 0 aliphatic heterocycles. The third-order valence-electron chi connectivity index (χ3n) is 6.30. The van der Waals surface area contributed by atoms with Crippen LogP contribution in [0.3, 0.4) is 0 Å². The van der Waals surface area contributed by atoms with Crippen LogP contribution in [0.2, 0.25) is 0 Å². The van der Waals surface area contributed by atoms with E-state index in [1.54, 1.807) is 0 Å². The third kappa shape index (κ3) is 3.56. The molecule has 3 heteroatoms. The highest BCUT2D eigenvalue weighted by Crippen LogP contribution is 2.37. The van der Waals surface area contributed by atoms with Crippen molar-refractivity contribution in [3.8, 4) is 0 Å². The van der Waals surface area contributed by atoms with Crippen molar-refractivity contribution in [2.24, 2.45) is 7.05 Å². The SMILES string of the molecule is Cc1c([C@H](C(=O)OCc2ccccc2)c2ccc3ccccc3c2)c2ccccc2n1C. The molecule has 1 atom stereocenters. The molecule has 4 aromatic carbocycles. The number of benzene rings is 4. The highest BCUT2D eigenvalue weighted by atomic mass is 16.5. The van der Waals surface area contributed by atoms with Crippen molar-refractivity contribution in [3.63, 3.8) is 0 Å². The molecule has 0 amide bonds. The molecule has 3 nitrogen and oxygen atoms in total. The summed E-state index contributed by atoms with van der Waals surface area (Å²) in [6, 6.07) is 32.6. The second-order valence-corrected chi connectivity index (χ2v) is 8.21. The summed E-state index contributed by atoms with van der Waals surface area (Å²) in [5.41, 5.74) is 5.12.